The Morgan fingerprint density at radius 2 is 2.28 bits per heavy atom. The van der Waals surface area contributed by atoms with E-state index < -0.39 is 0 Å². The fourth-order valence-electron chi connectivity index (χ4n) is 2.47. The summed E-state index contributed by atoms with van der Waals surface area (Å²) in [5, 5.41) is 8.55. The van der Waals surface area contributed by atoms with Gasteiger partial charge in [0, 0.05) is 5.56 Å². The number of hydrogen-bond acceptors (Lipinski definition) is 3. The number of hydrogen-bond donors (Lipinski definition) is 0. The first kappa shape index (κ1) is 11.3. The van der Waals surface area contributed by atoms with Crippen LogP contribution in [0, 0.1) is 0 Å². The van der Waals surface area contributed by atoms with E-state index in [9.17, 15) is 0 Å². The maximum Gasteiger partial charge on any atom is 0.119 e. The van der Waals surface area contributed by atoms with Crippen LogP contribution in [0.1, 0.15) is 31.0 Å². The molecule has 0 saturated heterocycles. The van der Waals surface area contributed by atoms with Gasteiger partial charge in [-0.3, -0.25) is 0 Å². The van der Waals surface area contributed by atoms with Crippen LogP contribution in [-0.4, -0.2) is 22.1 Å². The highest BCUT2D eigenvalue weighted by atomic mass is 16.5. The molecule has 2 aromatic rings. The van der Waals surface area contributed by atoms with Crippen LogP contribution < -0.4 is 4.74 Å². The summed E-state index contributed by atoms with van der Waals surface area (Å²) in [5.74, 6) is 0.893. The maximum absolute atomic E-state index is 5.30. The van der Waals surface area contributed by atoms with Gasteiger partial charge in [-0.05, 0) is 30.5 Å². The Morgan fingerprint density at radius 3 is 3.06 bits per heavy atom. The SMILES string of the molecule is CCCCc1nnn2c1-c1cc(OC)ccc1C2. The van der Waals surface area contributed by atoms with E-state index in [1.807, 2.05) is 10.7 Å². The predicted octanol–water partition coefficient (Wildman–Crippen LogP) is 2.66. The first-order valence-electron chi connectivity index (χ1n) is 6.43. The number of fused-ring (bicyclic) bond motifs is 3. The number of benzene rings is 1. The van der Waals surface area contributed by atoms with Crippen molar-refractivity contribution in [3.8, 4) is 17.0 Å². The summed E-state index contributed by atoms with van der Waals surface area (Å²) < 4.78 is 7.30. The van der Waals surface area contributed by atoms with Crippen LogP contribution in [-0.2, 0) is 13.0 Å². The van der Waals surface area contributed by atoms with Crippen molar-refractivity contribution >= 4 is 0 Å². The van der Waals surface area contributed by atoms with E-state index in [1.54, 1.807) is 7.11 Å². The molecule has 94 valence electrons. The second kappa shape index (κ2) is 4.44. The molecular formula is C14H17N3O. The Balaban J connectivity index is 2.03. The van der Waals surface area contributed by atoms with Gasteiger partial charge in [0.15, 0.2) is 0 Å². The minimum absolute atomic E-state index is 0.827. The van der Waals surface area contributed by atoms with Gasteiger partial charge in [0.25, 0.3) is 0 Å². The fraction of sp³-hybridized carbons (Fsp3) is 0.429. The fourth-order valence-corrected chi connectivity index (χ4v) is 2.47. The zero-order valence-electron chi connectivity index (χ0n) is 10.8. The molecule has 18 heavy (non-hydrogen) atoms. The molecule has 1 aromatic heterocycles. The van der Waals surface area contributed by atoms with Crippen LogP contribution >= 0.6 is 0 Å². The van der Waals surface area contributed by atoms with Crippen molar-refractivity contribution in [3.05, 3.63) is 29.5 Å². The van der Waals surface area contributed by atoms with E-state index in [0.717, 1.165) is 30.8 Å². The third-order valence-electron chi connectivity index (χ3n) is 3.46. The molecule has 0 radical (unpaired) electrons. The highest BCUT2D eigenvalue weighted by molar-refractivity contribution is 5.71. The molecule has 2 heterocycles. The van der Waals surface area contributed by atoms with Crippen molar-refractivity contribution in [2.24, 2.45) is 0 Å². The summed E-state index contributed by atoms with van der Waals surface area (Å²) in [4.78, 5) is 0. The van der Waals surface area contributed by atoms with Gasteiger partial charge in [-0.2, -0.15) is 0 Å². The van der Waals surface area contributed by atoms with Crippen molar-refractivity contribution in [2.75, 3.05) is 7.11 Å². The Bertz CT molecular complexity index is 574. The summed E-state index contributed by atoms with van der Waals surface area (Å²) in [5.41, 5.74) is 4.82. The average Bonchev–Trinajstić information content (AvgIpc) is 2.94. The van der Waals surface area contributed by atoms with Gasteiger partial charge < -0.3 is 4.74 Å². The lowest BCUT2D eigenvalue weighted by atomic mass is 10.0. The minimum atomic E-state index is 0.827. The molecule has 0 aliphatic carbocycles. The number of unbranched alkanes of at least 4 members (excludes halogenated alkanes) is 1. The molecule has 0 spiro atoms. The Kier molecular flexibility index (Phi) is 2.78. The van der Waals surface area contributed by atoms with Gasteiger partial charge >= 0.3 is 0 Å². The van der Waals surface area contributed by atoms with Gasteiger partial charge in [-0.25, -0.2) is 4.68 Å². The molecule has 1 aliphatic heterocycles. The number of aryl methyl sites for hydroxylation is 1. The van der Waals surface area contributed by atoms with Crippen LogP contribution in [0.5, 0.6) is 5.75 Å². The lowest BCUT2D eigenvalue weighted by molar-refractivity contribution is 0.415. The van der Waals surface area contributed by atoms with Crippen molar-refractivity contribution in [3.63, 3.8) is 0 Å². The average molecular weight is 243 g/mol. The zero-order valence-corrected chi connectivity index (χ0v) is 10.8. The van der Waals surface area contributed by atoms with E-state index in [1.165, 1.54) is 23.2 Å². The van der Waals surface area contributed by atoms with E-state index in [0.29, 0.717) is 0 Å². The minimum Gasteiger partial charge on any atom is -0.497 e. The monoisotopic (exact) mass is 243 g/mol. The summed E-state index contributed by atoms with van der Waals surface area (Å²) >= 11 is 0. The van der Waals surface area contributed by atoms with Gasteiger partial charge in [-0.1, -0.05) is 24.6 Å². The normalized spacial score (nSPS) is 12.3. The van der Waals surface area contributed by atoms with E-state index in [2.05, 4.69) is 29.4 Å². The quantitative estimate of drug-likeness (QED) is 0.707. The van der Waals surface area contributed by atoms with Crippen molar-refractivity contribution in [1.29, 1.82) is 0 Å². The zero-order chi connectivity index (χ0) is 12.5. The first-order chi connectivity index (χ1) is 8.83. The van der Waals surface area contributed by atoms with Crippen molar-refractivity contribution in [1.82, 2.24) is 15.0 Å². The van der Waals surface area contributed by atoms with Gasteiger partial charge in [0.1, 0.15) is 5.75 Å². The standard InChI is InChI=1S/C14H17N3O/c1-3-4-5-13-14-12-8-11(18-2)7-6-10(12)9-17(14)16-15-13/h6-8H,3-5,9H2,1-2H3. The second-order valence-corrected chi connectivity index (χ2v) is 4.67. The number of ether oxygens (including phenoxy) is 1. The highest BCUT2D eigenvalue weighted by Gasteiger charge is 2.24. The van der Waals surface area contributed by atoms with Crippen molar-refractivity contribution < 1.29 is 4.74 Å². The Morgan fingerprint density at radius 1 is 1.39 bits per heavy atom. The molecule has 0 saturated carbocycles. The number of rotatable bonds is 4. The van der Waals surface area contributed by atoms with E-state index in [-0.39, 0.29) is 0 Å². The van der Waals surface area contributed by atoms with E-state index in [4.69, 9.17) is 4.74 Å². The van der Waals surface area contributed by atoms with Crippen LogP contribution in [0.2, 0.25) is 0 Å². The third kappa shape index (κ3) is 1.68. The van der Waals surface area contributed by atoms with Crippen LogP contribution in [0.4, 0.5) is 0 Å². The molecule has 0 amide bonds. The molecule has 0 bridgehead atoms. The van der Waals surface area contributed by atoms with Gasteiger partial charge in [0.05, 0.1) is 25.0 Å². The van der Waals surface area contributed by atoms with Crippen LogP contribution in [0.25, 0.3) is 11.3 Å². The molecular weight excluding hydrogens is 226 g/mol. The highest BCUT2D eigenvalue weighted by Crippen LogP contribution is 2.35. The topological polar surface area (TPSA) is 39.9 Å². The van der Waals surface area contributed by atoms with Crippen LogP contribution in [0.15, 0.2) is 18.2 Å². The Labute approximate surface area is 107 Å². The molecule has 3 rings (SSSR count). The maximum atomic E-state index is 5.30. The lowest BCUT2D eigenvalue weighted by Gasteiger charge is -2.04. The Hall–Kier alpha value is -1.84. The molecule has 0 N–H and O–H groups in total. The second-order valence-electron chi connectivity index (χ2n) is 4.67. The van der Waals surface area contributed by atoms with E-state index >= 15 is 0 Å². The van der Waals surface area contributed by atoms with Crippen molar-refractivity contribution in [2.45, 2.75) is 32.7 Å². The summed E-state index contributed by atoms with van der Waals surface area (Å²) in [6, 6.07) is 6.21. The van der Waals surface area contributed by atoms with Gasteiger partial charge in [-0.15, -0.1) is 5.10 Å². The lowest BCUT2D eigenvalue weighted by Crippen LogP contribution is -1.95. The number of nitrogens with zero attached hydrogens (tertiary/aromatic N) is 3. The predicted molar refractivity (Wildman–Crippen MR) is 69.7 cm³/mol. The smallest absolute Gasteiger partial charge is 0.119 e. The molecule has 4 nitrogen and oxygen atoms in total. The van der Waals surface area contributed by atoms with Gasteiger partial charge in [0.2, 0.25) is 0 Å². The molecule has 1 aromatic carbocycles. The third-order valence-corrected chi connectivity index (χ3v) is 3.46. The molecule has 1 aliphatic rings. The number of methoxy groups -OCH3 is 1. The summed E-state index contributed by atoms with van der Waals surface area (Å²) in [6.07, 6.45) is 3.34. The first-order valence-corrected chi connectivity index (χ1v) is 6.43. The van der Waals surface area contributed by atoms with Crippen LogP contribution in [0.3, 0.4) is 0 Å². The molecule has 0 fully saturated rings. The summed E-state index contributed by atoms with van der Waals surface area (Å²) in [6.45, 7) is 3.02. The molecule has 0 atom stereocenters. The summed E-state index contributed by atoms with van der Waals surface area (Å²) in [7, 11) is 1.70. The molecule has 4 heteroatoms. The largest absolute Gasteiger partial charge is 0.497 e. The molecule has 0 unspecified atom stereocenters. The number of aromatic nitrogens is 3.